The first-order valence-electron chi connectivity index (χ1n) is 8.80. The number of ketones is 1. The number of nitrogens with zero attached hydrogens (tertiary/aromatic N) is 1. The van der Waals surface area contributed by atoms with Gasteiger partial charge in [0.25, 0.3) is 0 Å². The van der Waals surface area contributed by atoms with Crippen LogP contribution in [0.5, 0.6) is 11.5 Å². The number of halogens is 3. The molecule has 28 heavy (non-hydrogen) atoms. The number of carbonyl (C=O) groups is 1. The molecule has 0 unspecified atom stereocenters. The molecule has 2 rings (SSSR count). The monoisotopic (exact) mass is 394 g/mol. The van der Waals surface area contributed by atoms with E-state index in [4.69, 9.17) is 4.74 Å². The van der Waals surface area contributed by atoms with Crippen molar-refractivity contribution in [2.75, 3.05) is 7.05 Å². The minimum absolute atomic E-state index is 0.107. The van der Waals surface area contributed by atoms with Gasteiger partial charge in [-0.1, -0.05) is 37.6 Å². The number of alkyl halides is 3. The summed E-state index contributed by atoms with van der Waals surface area (Å²) in [5.41, 5.74) is 0.975. The number of aromatic hydroxyl groups is 1. The van der Waals surface area contributed by atoms with Gasteiger partial charge in [-0.15, -0.1) is 6.54 Å². The Kier molecular flexibility index (Phi) is 6.72. The lowest BCUT2D eigenvalue weighted by Crippen LogP contribution is -2.14. The summed E-state index contributed by atoms with van der Waals surface area (Å²) in [6, 6.07) is 7.68. The maximum absolute atomic E-state index is 13.5. The first kappa shape index (κ1) is 21.8. The second-order valence-electron chi connectivity index (χ2n) is 6.88. The molecule has 0 bridgehead atoms. The van der Waals surface area contributed by atoms with Crippen LogP contribution in [0.15, 0.2) is 30.3 Å². The van der Waals surface area contributed by atoms with Crippen LogP contribution in [0, 0.1) is 12.8 Å². The number of carbonyl (C=O) groups excluding carboxylic acids is 1. The van der Waals surface area contributed by atoms with Crippen LogP contribution in [0.25, 0.3) is 5.32 Å². The molecule has 0 spiro atoms. The first-order valence-corrected chi connectivity index (χ1v) is 8.80. The Morgan fingerprint density at radius 2 is 1.89 bits per heavy atom. The van der Waals surface area contributed by atoms with Crippen molar-refractivity contribution in [1.29, 1.82) is 0 Å². The molecular formula is C21H23F3NO3-. The summed E-state index contributed by atoms with van der Waals surface area (Å²) < 4.78 is 45.9. The third-order valence-corrected chi connectivity index (χ3v) is 4.34. The number of hydrogen-bond donors (Lipinski definition) is 1. The standard InChI is InChI=1S/C21H23F3NO3/c1-12(2)19(26)16-7-8-17(18(20(16)27)21(22,23)24)28-11-14-5-6-15(10-25-4)13(3)9-14/h5-9,12,27H,10-11H2,1-4H3/q-1. The number of rotatable bonds is 7. The normalized spacial score (nSPS) is 11.7. The highest BCUT2D eigenvalue weighted by atomic mass is 19.4. The Morgan fingerprint density at radius 1 is 1.21 bits per heavy atom. The van der Waals surface area contributed by atoms with E-state index in [1.807, 2.05) is 19.1 Å². The second-order valence-corrected chi connectivity index (χ2v) is 6.88. The Labute approximate surface area is 162 Å². The smallest absolute Gasteiger partial charge is 0.423 e. The summed E-state index contributed by atoms with van der Waals surface area (Å²) in [5, 5.41) is 14.2. The SMILES string of the molecule is C[N-]Cc1ccc(COc2ccc(C(=O)C(C)C)c(O)c2C(F)(F)F)cc1C. The summed E-state index contributed by atoms with van der Waals surface area (Å²) in [4.78, 5) is 12.1. The van der Waals surface area contributed by atoms with E-state index in [-0.39, 0.29) is 12.2 Å². The van der Waals surface area contributed by atoms with Gasteiger partial charge in [-0.3, -0.25) is 4.79 Å². The Bertz CT molecular complexity index is 861. The maximum atomic E-state index is 13.5. The molecule has 0 aromatic heterocycles. The number of phenols is 1. The predicted octanol–water partition coefficient (Wildman–Crippen LogP) is 5.64. The fourth-order valence-electron chi connectivity index (χ4n) is 2.83. The minimum atomic E-state index is -4.87. The summed E-state index contributed by atoms with van der Waals surface area (Å²) in [7, 11) is 1.70. The van der Waals surface area contributed by atoms with Gasteiger partial charge in [-0.05, 0) is 30.2 Å². The molecule has 4 nitrogen and oxygen atoms in total. The summed E-state index contributed by atoms with van der Waals surface area (Å²) in [6.07, 6.45) is -4.87. The lowest BCUT2D eigenvalue weighted by Gasteiger charge is -2.19. The largest absolute Gasteiger partial charge is 0.661 e. The van der Waals surface area contributed by atoms with Gasteiger partial charge < -0.3 is 15.2 Å². The number of hydrogen-bond acceptors (Lipinski definition) is 3. The quantitative estimate of drug-likeness (QED) is 0.618. The molecule has 152 valence electrons. The Hall–Kier alpha value is -2.54. The molecule has 0 radical (unpaired) electrons. The summed E-state index contributed by atoms with van der Waals surface area (Å²) in [5.74, 6) is -2.73. The molecular weight excluding hydrogens is 371 g/mol. The fraction of sp³-hybridized carbons (Fsp3) is 0.381. The molecule has 7 heteroatoms. The molecule has 0 aliphatic heterocycles. The van der Waals surface area contributed by atoms with Crippen molar-refractivity contribution >= 4 is 5.78 Å². The Balaban J connectivity index is 2.34. The van der Waals surface area contributed by atoms with E-state index >= 15 is 0 Å². The molecule has 1 N–H and O–H groups in total. The fourth-order valence-corrected chi connectivity index (χ4v) is 2.83. The van der Waals surface area contributed by atoms with E-state index in [2.05, 4.69) is 5.32 Å². The van der Waals surface area contributed by atoms with Crippen molar-refractivity contribution in [3.05, 3.63) is 63.5 Å². The van der Waals surface area contributed by atoms with Crippen LogP contribution in [0.2, 0.25) is 0 Å². The van der Waals surface area contributed by atoms with Gasteiger partial charge in [-0.25, -0.2) is 0 Å². The molecule has 0 aliphatic carbocycles. The molecule has 0 fully saturated rings. The molecule has 0 aliphatic rings. The van der Waals surface area contributed by atoms with E-state index in [1.165, 1.54) is 6.07 Å². The zero-order chi connectivity index (χ0) is 21.1. The van der Waals surface area contributed by atoms with Crippen LogP contribution in [-0.2, 0) is 19.3 Å². The average Bonchev–Trinajstić information content (AvgIpc) is 2.60. The van der Waals surface area contributed by atoms with Crippen LogP contribution < -0.4 is 4.74 Å². The number of aryl methyl sites for hydroxylation is 1. The van der Waals surface area contributed by atoms with Crippen molar-refractivity contribution < 1.29 is 27.8 Å². The average molecular weight is 394 g/mol. The number of ether oxygens (including phenoxy) is 1. The van der Waals surface area contributed by atoms with Crippen molar-refractivity contribution in [3.63, 3.8) is 0 Å². The van der Waals surface area contributed by atoms with Gasteiger partial charge in [0.05, 0.1) is 5.56 Å². The first-order chi connectivity index (χ1) is 13.1. The van der Waals surface area contributed by atoms with Crippen LogP contribution in [0.1, 0.15) is 46.5 Å². The molecule has 0 saturated heterocycles. The van der Waals surface area contributed by atoms with E-state index in [0.717, 1.165) is 17.2 Å². The van der Waals surface area contributed by atoms with Crippen LogP contribution >= 0.6 is 0 Å². The van der Waals surface area contributed by atoms with E-state index < -0.39 is 34.9 Å². The number of benzene rings is 2. The molecule has 0 heterocycles. The maximum Gasteiger partial charge on any atom is 0.423 e. The molecule has 0 amide bonds. The lowest BCUT2D eigenvalue weighted by atomic mass is 9.97. The lowest BCUT2D eigenvalue weighted by molar-refractivity contribution is -0.140. The van der Waals surface area contributed by atoms with Crippen molar-refractivity contribution in [2.24, 2.45) is 5.92 Å². The van der Waals surface area contributed by atoms with Crippen LogP contribution in [0.3, 0.4) is 0 Å². The van der Waals surface area contributed by atoms with E-state index in [1.54, 1.807) is 27.0 Å². The zero-order valence-corrected chi connectivity index (χ0v) is 16.2. The highest BCUT2D eigenvalue weighted by molar-refractivity contribution is 6.00. The van der Waals surface area contributed by atoms with Gasteiger partial charge in [-0.2, -0.15) is 20.2 Å². The molecule has 2 aromatic rings. The van der Waals surface area contributed by atoms with Crippen LogP contribution in [-0.4, -0.2) is 17.9 Å². The van der Waals surface area contributed by atoms with E-state index in [9.17, 15) is 23.1 Å². The van der Waals surface area contributed by atoms with E-state index in [0.29, 0.717) is 12.1 Å². The molecule has 0 atom stereocenters. The van der Waals surface area contributed by atoms with Crippen molar-refractivity contribution in [1.82, 2.24) is 0 Å². The van der Waals surface area contributed by atoms with Crippen LogP contribution in [0.4, 0.5) is 13.2 Å². The highest BCUT2D eigenvalue weighted by Gasteiger charge is 2.39. The molecule has 0 saturated carbocycles. The zero-order valence-electron chi connectivity index (χ0n) is 16.2. The van der Waals surface area contributed by atoms with Crippen molar-refractivity contribution in [2.45, 2.75) is 40.1 Å². The third-order valence-electron chi connectivity index (χ3n) is 4.34. The highest BCUT2D eigenvalue weighted by Crippen LogP contribution is 2.44. The Morgan fingerprint density at radius 3 is 2.43 bits per heavy atom. The number of Topliss-reactive ketones (excluding diaryl/α,β-unsaturated/α-hetero) is 1. The third kappa shape index (κ3) is 4.84. The van der Waals surface area contributed by atoms with Gasteiger partial charge in [0.15, 0.2) is 5.78 Å². The van der Waals surface area contributed by atoms with Gasteiger partial charge in [0.1, 0.15) is 23.7 Å². The topological polar surface area (TPSA) is 60.6 Å². The van der Waals surface area contributed by atoms with Crippen molar-refractivity contribution in [3.8, 4) is 11.5 Å². The number of phenolic OH excluding ortho intramolecular Hbond substituents is 1. The van der Waals surface area contributed by atoms with Gasteiger partial charge >= 0.3 is 6.18 Å². The second kappa shape index (κ2) is 8.65. The predicted molar refractivity (Wildman–Crippen MR) is 101 cm³/mol. The van der Waals surface area contributed by atoms with Gasteiger partial charge in [0, 0.05) is 5.92 Å². The minimum Gasteiger partial charge on any atom is -0.661 e. The van der Waals surface area contributed by atoms with Gasteiger partial charge in [0.2, 0.25) is 0 Å². The molecule has 2 aromatic carbocycles. The summed E-state index contributed by atoms with van der Waals surface area (Å²) >= 11 is 0. The summed E-state index contributed by atoms with van der Waals surface area (Å²) in [6.45, 7) is 5.45.